The molecule has 0 aliphatic heterocycles. The predicted octanol–water partition coefficient (Wildman–Crippen LogP) is 5.59. The highest BCUT2D eigenvalue weighted by atomic mass is 35.5. The van der Waals surface area contributed by atoms with Gasteiger partial charge >= 0.3 is 0 Å². The smallest absolute Gasteiger partial charge is 0.228 e. The molecule has 4 rings (SSSR count). The molecule has 0 saturated carbocycles. The van der Waals surface area contributed by atoms with Gasteiger partial charge in [0.2, 0.25) is 5.89 Å². The van der Waals surface area contributed by atoms with Crippen molar-refractivity contribution in [1.29, 1.82) is 0 Å². The number of Topliss-reactive ketones (excluding diaryl/α,β-unsaturated/α-hetero) is 1. The van der Waals surface area contributed by atoms with Crippen molar-refractivity contribution in [3.8, 4) is 23.0 Å². The second kappa shape index (κ2) is 7.97. The number of methoxy groups -OCH3 is 2. The molecule has 0 atom stereocenters. The van der Waals surface area contributed by atoms with Gasteiger partial charge in [0, 0.05) is 18.1 Å². The van der Waals surface area contributed by atoms with E-state index >= 15 is 0 Å². The molecular weight excluding hydrogens is 390 g/mol. The Morgan fingerprint density at radius 3 is 2.41 bits per heavy atom. The van der Waals surface area contributed by atoms with Gasteiger partial charge in [-0.05, 0) is 42.0 Å². The molecule has 0 N–H and O–H groups in total. The molecule has 29 heavy (non-hydrogen) atoms. The fourth-order valence-electron chi connectivity index (χ4n) is 3.09. The maximum atomic E-state index is 12.8. The molecule has 0 radical (unpaired) electrons. The van der Waals surface area contributed by atoms with Crippen molar-refractivity contribution in [2.24, 2.45) is 0 Å². The van der Waals surface area contributed by atoms with E-state index in [0.717, 1.165) is 11.1 Å². The van der Waals surface area contributed by atoms with Crippen LogP contribution >= 0.6 is 11.6 Å². The molecule has 5 nitrogen and oxygen atoms in total. The van der Waals surface area contributed by atoms with E-state index in [1.807, 2.05) is 36.4 Å². The number of aromatic nitrogens is 1. The molecule has 146 valence electrons. The van der Waals surface area contributed by atoms with Gasteiger partial charge in [0.15, 0.2) is 11.4 Å². The first-order chi connectivity index (χ1) is 14.1. The Labute approximate surface area is 172 Å². The van der Waals surface area contributed by atoms with Gasteiger partial charge < -0.3 is 13.9 Å². The second-order valence-electron chi connectivity index (χ2n) is 6.50. The molecule has 0 aliphatic carbocycles. The molecule has 1 aromatic heterocycles. The Bertz CT molecular complexity index is 1140. The fraction of sp³-hybridized carbons (Fsp3) is 0.130. The number of ether oxygens (including phenoxy) is 2. The average Bonchev–Trinajstić information content (AvgIpc) is 3.18. The minimum atomic E-state index is -0.0620. The van der Waals surface area contributed by atoms with Crippen molar-refractivity contribution >= 4 is 28.5 Å². The SMILES string of the molecule is COc1cc(OC)cc(C(=O)Cc2ccc(Cl)c(-c3nc4ccccc4o3)c2)c1. The van der Waals surface area contributed by atoms with E-state index in [1.165, 1.54) is 0 Å². The van der Waals surface area contributed by atoms with Crippen molar-refractivity contribution in [3.05, 3.63) is 76.8 Å². The van der Waals surface area contributed by atoms with Crippen LogP contribution in [-0.2, 0) is 6.42 Å². The Morgan fingerprint density at radius 1 is 1.00 bits per heavy atom. The van der Waals surface area contributed by atoms with Gasteiger partial charge in [-0.2, -0.15) is 0 Å². The average molecular weight is 408 g/mol. The first kappa shape index (κ1) is 19.0. The van der Waals surface area contributed by atoms with Crippen LogP contribution in [0, 0.1) is 0 Å². The van der Waals surface area contributed by atoms with Crippen molar-refractivity contribution in [2.45, 2.75) is 6.42 Å². The van der Waals surface area contributed by atoms with Crippen LogP contribution in [0.3, 0.4) is 0 Å². The summed E-state index contributed by atoms with van der Waals surface area (Å²) in [7, 11) is 3.10. The number of hydrogen-bond donors (Lipinski definition) is 0. The highest BCUT2D eigenvalue weighted by Gasteiger charge is 2.15. The number of carbonyl (C=O) groups is 1. The third-order valence-corrected chi connectivity index (χ3v) is 4.92. The summed E-state index contributed by atoms with van der Waals surface area (Å²) in [4.78, 5) is 17.3. The summed E-state index contributed by atoms with van der Waals surface area (Å²) in [5.41, 5.74) is 3.40. The van der Waals surface area contributed by atoms with E-state index in [0.29, 0.717) is 39.1 Å². The van der Waals surface area contributed by atoms with Crippen LogP contribution in [-0.4, -0.2) is 25.0 Å². The topological polar surface area (TPSA) is 61.6 Å². The zero-order valence-electron chi connectivity index (χ0n) is 15.9. The lowest BCUT2D eigenvalue weighted by molar-refractivity contribution is 0.0992. The van der Waals surface area contributed by atoms with Gasteiger partial charge in [-0.15, -0.1) is 0 Å². The third-order valence-electron chi connectivity index (χ3n) is 4.59. The first-order valence-electron chi connectivity index (χ1n) is 8.98. The number of carbonyl (C=O) groups excluding carboxylic acids is 1. The Morgan fingerprint density at radius 2 is 1.72 bits per heavy atom. The third kappa shape index (κ3) is 3.96. The van der Waals surface area contributed by atoms with E-state index < -0.39 is 0 Å². The van der Waals surface area contributed by atoms with Crippen LogP contribution in [0.5, 0.6) is 11.5 Å². The molecule has 1 heterocycles. The van der Waals surface area contributed by atoms with E-state index in [2.05, 4.69) is 4.98 Å². The summed E-state index contributed by atoms with van der Waals surface area (Å²) in [5, 5.41) is 0.510. The molecule has 0 spiro atoms. The number of ketones is 1. The summed E-state index contributed by atoms with van der Waals surface area (Å²) >= 11 is 6.37. The van der Waals surface area contributed by atoms with E-state index in [9.17, 15) is 4.79 Å². The zero-order valence-corrected chi connectivity index (χ0v) is 16.7. The number of para-hydroxylation sites is 2. The highest BCUT2D eigenvalue weighted by Crippen LogP contribution is 2.31. The quantitative estimate of drug-likeness (QED) is 0.390. The molecular formula is C23H18ClNO4. The minimum Gasteiger partial charge on any atom is -0.497 e. The second-order valence-corrected chi connectivity index (χ2v) is 6.91. The Kier molecular flexibility index (Phi) is 5.23. The van der Waals surface area contributed by atoms with E-state index in [-0.39, 0.29) is 12.2 Å². The number of halogens is 1. The summed E-state index contributed by atoms with van der Waals surface area (Å²) in [6, 6.07) is 18.0. The van der Waals surface area contributed by atoms with Gasteiger partial charge in [0.25, 0.3) is 0 Å². The van der Waals surface area contributed by atoms with E-state index in [4.69, 9.17) is 25.5 Å². The lowest BCUT2D eigenvalue weighted by Gasteiger charge is -2.09. The predicted molar refractivity (Wildman–Crippen MR) is 112 cm³/mol. The maximum Gasteiger partial charge on any atom is 0.228 e. The molecule has 0 saturated heterocycles. The van der Waals surface area contributed by atoms with Crippen molar-refractivity contribution in [1.82, 2.24) is 4.98 Å². The fourth-order valence-corrected chi connectivity index (χ4v) is 3.29. The molecule has 0 unspecified atom stereocenters. The van der Waals surface area contributed by atoms with Gasteiger partial charge in [0.05, 0.1) is 24.8 Å². The molecule has 0 aliphatic rings. The standard InChI is InChI=1S/C23H18ClNO4/c1-27-16-11-15(12-17(13-16)28-2)21(26)10-14-7-8-19(24)18(9-14)23-25-20-5-3-4-6-22(20)29-23/h3-9,11-13H,10H2,1-2H3. The molecule has 4 aromatic rings. The van der Waals surface area contributed by atoms with Gasteiger partial charge in [-0.3, -0.25) is 4.79 Å². The van der Waals surface area contributed by atoms with Crippen molar-refractivity contribution in [3.63, 3.8) is 0 Å². The van der Waals surface area contributed by atoms with Gasteiger partial charge in [-0.1, -0.05) is 29.8 Å². The summed E-state index contributed by atoms with van der Waals surface area (Å²) < 4.78 is 16.3. The van der Waals surface area contributed by atoms with E-state index in [1.54, 1.807) is 38.5 Å². The number of rotatable bonds is 6. The number of benzene rings is 3. The summed E-state index contributed by atoms with van der Waals surface area (Å²) in [5.74, 6) is 1.49. The minimum absolute atomic E-state index is 0.0620. The monoisotopic (exact) mass is 407 g/mol. The van der Waals surface area contributed by atoms with Crippen LogP contribution in [0.25, 0.3) is 22.6 Å². The number of oxazole rings is 1. The lowest BCUT2D eigenvalue weighted by atomic mass is 10.0. The summed E-state index contributed by atoms with van der Waals surface area (Å²) in [6.07, 6.45) is 0.195. The number of hydrogen-bond acceptors (Lipinski definition) is 5. The molecule has 3 aromatic carbocycles. The number of nitrogens with zero attached hydrogens (tertiary/aromatic N) is 1. The van der Waals surface area contributed by atoms with Crippen LogP contribution < -0.4 is 9.47 Å². The molecule has 0 bridgehead atoms. The normalized spacial score (nSPS) is 10.9. The van der Waals surface area contributed by atoms with Gasteiger partial charge in [0.1, 0.15) is 17.0 Å². The first-order valence-corrected chi connectivity index (χ1v) is 9.36. The molecule has 6 heteroatoms. The van der Waals surface area contributed by atoms with Crippen molar-refractivity contribution in [2.75, 3.05) is 14.2 Å². The maximum absolute atomic E-state index is 12.8. The van der Waals surface area contributed by atoms with Gasteiger partial charge in [-0.25, -0.2) is 4.98 Å². The van der Waals surface area contributed by atoms with Crippen LogP contribution in [0.15, 0.2) is 65.1 Å². The summed E-state index contributed by atoms with van der Waals surface area (Å²) in [6.45, 7) is 0. The lowest BCUT2D eigenvalue weighted by Crippen LogP contribution is -2.05. The molecule has 0 fully saturated rings. The van der Waals surface area contributed by atoms with Crippen LogP contribution in [0.2, 0.25) is 5.02 Å². The number of fused-ring (bicyclic) bond motifs is 1. The zero-order chi connectivity index (χ0) is 20.4. The van der Waals surface area contributed by atoms with Crippen molar-refractivity contribution < 1.29 is 18.7 Å². The van der Waals surface area contributed by atoms with Crippen LogP contribution in [0.1, 0.15) is 15.9 Å². The Hall–Kier alpha value is -3.31. The highest BCUT2D eigenvalue weighted by molar-refractivity contribution is 6.33. The van der Waals surface area contributed by atoms with Crippen LogP contribution in [0.4, 0.5) is 0 Å². The Balaban J connectivity index is 1.65. The largest absolute Gasteiger partial charge is 0.497 e. The molecule has 0 amide bonds.